The molecule has 1 aliphatic heterocycles. The third-order valence-electron chi connectivity index (χ3n) is 6.80. The van der Waals surface area contributed by atoms with Crippen molar-refractivity contribution < 1.29 is 9.90 Å². The van der Waals surface area contributed by atoms with Gasteiger partial charge in [-0.2, -0.15) is 5.10 Å². The molecule has 0 unspecified atom stereocenters. The summed E-state index contributed by atoms with van der Waals surface area (Å²) < 4.78 is 3.40. The summed E-state index contributed by atoms with van der Waals surface area (Å²) in [5, 5.41) is 28.9. The first-order valence-electron chi connectivity index (χ1n) is 13.4. The molecule has 12 heteroatoms. The van der Waals surface area contributed by atoms with E-state index in [1.54, 1.807) is 34.9 Å². The number of fused-ring (bicyclic) bond motifs is 1. The van der Waals surface area contributed by atoms with Gasteiger partial charge in [-0.1, -0.05) is 17.3 Å². The Balaban J connectivity index is 1.42. The first-order valence-corrected chi connectivity index (χ1v) is 13.4. The van der Waals surface area contributed by atoms with Crippen LogP contribution < -0.4 is 10.6 Å². The molecule has 1 aromatic carbocycles. The number of carbonyl (C=O) groups is 1. The van der Waals surface area contributed by atoms with Crippen LogP contribution in [-0.4, -0.2) is 69.8 Å². The van der Waals surface area contributed by atoms with Crippen LogP contribution in [0.2, 0.25) is 0 Å². The fraction of sp³-hybridized carbons (Fsp3) is 0.429. The number of aliphatic hydroxyl groups excluding tert-OH is 1. The molecule has 4 aromatic rings. The Morgan fingerprint density at radius 2 is 2.05 bits per heavy atom. The molecule has 40 heavy (non-hydrogen) atoms. The maximum absolute atomic E-state index is 13.2. The number of nitrogens with zero attached hydrogens (tertiary/aromatic N) is 8. The number of aryl methyl sites for hydroxylation is 1. The van der Waals surface area contributed by atoms with Crippen LogP contribution in [0.25, 0.3) is 11.3 Å². The number of rotatable bonds is 7. The second-order valence-electron chi connectivity index (χ2n) is 11.3. The Bertz CT molecular complexity index is 1490. The number of aromatic nitrogens is 7. The van der Waals surface area contributed by atoms with Crippen molar-refractivity contribution in [1.82, 2.24) is 45.0 Å². The van der Waals surface area contributed by atoms with Gasteiger partial charge >= 0.3 is 0 Å². The van der Waals surface area contributed by atoms with Gasteiger partial charge in [0, 0.05) is 44.6 Å². The van der Waals surface area contributed by atoms with Gasteiger partial charge in [0.05, 0.1) is 41.5 Å². The molecule has 3 aromatic heterocycles. The maximum atomic E-state index is 13.2. The second-order valence-corrected chi connectivity index (χ2v) is 11.3. The third kappa shape index (κ3) is 6.35. The lowest BCUT2D eigenvalue weighted by atomic mass is 9.96. The molecular formula is C28H36N10O2. The molecule has 0 saturated carbocycles. The van der Waals surface area contributed by atoms with Gasteiger partial charge < -0.3 is 15.7 Å². The lowest BCUT2D eigenvalue weighted by Gasteiger charge is -2.22. The van der Waals surface area contributed by atoms with Crippen LogP contribution in [-0.2, 0) is 19.1 Å². The minimum absolute atomic E-state index is 0.219. The monoisotopic (exact) mass is 544 g/mol. The van der Waals surface area contributed by atoms with Crippen molar-refractivity contribution >= 4 is 17.5 Å². The van der Waals surface area contributed by atoms with Gasteiger partial charge in [0.1, 0.15) is 0 Å². The fourth-order valence-electron chi connectivity index (χ4n) is 4.83. The summed E-state index contributed by atoms with van der Waals surface area (Å²) in [7, 11) is 1.85. The maximum Gasteiger partial charge on any atom is 0.273 e. The largest absolute Gasteiger partial charge is 0.392 e. The number of hydrogen-bond acceptors (Lipinski definition) is 9. The van der Waals surface area contributed by atoms with Crippen LogP contribution in [0.5, 0.6) is 0 Å². The first kappa shape index (κ1) is 27.4. The van der Waals surface area contributed by atoms with E-state index in [0.29, 0.717) is 25.5 Å². The number of nitrogens with one attached hydrogen (secondary N) is 2. The minimum atomic E-state index is -0.465. The molecule has 5 rings (SSSR count). The number of anilines is 2. The molecule has 4 heterocycles. The summed E-state index contributed by atoms with van der Waals surface area (Å²) >= 11 is 0. The highest BCUT2D eigenvalue weighted by Gasteiger charge is 2.27. The summed E-state index contributed by atoms with van der Waals surface area (Å²) in [6, 6.07) is 7.85. The lowest BCUT2D eigenvalue weighted by molar-refractivity contribution is 0.0921. The molecule has 210 valence electrons. The van der Waals surface area contributed by atoms with E-state index in [0.717, 1.165) is 34.6 Å². The van der Waals surface area contributed by atoms with Gasteiger partial charge in [-0.05, 0) is 57.4 Å². The molecule has 1 amide bonds. The fourth-order valence-corrected chi connectivity index (χ4v) is 4.83. The zero-order valence-electron chi connectivity index (χ0n) is 23.5. The van der Waals surface area contributed by atoms with Crippen molar-refractivity contribution in [1.29, 1.82) is 0 Å². The smallest absolute Gasteiger partial charge is 0.273 e. The summed E-state index contributed by atoms with van der Waals surface area (Å²) in [5.41, 5.74) is 4.63. The number of benzene rings is 1. The summed E-state index contributed by atoms with van der Waals surface area (Å²) in [6.45, 7) is 9.72. The Morgan fingerprint density at radius 1 is 1.23 bits per heavy atom. The van der Waals surface area contributed by atoms with E-state index in [2.05, 4.69) is 48.1 Å². The van der Waals surface area contributed by atoms with Gasteiger partial charge in [-0.15, -0.1) is 5.10 Å². The first-order chi connectivity index (χ1) is 19.0. The molecule has 0 bridgehead atoms. The number of aliphatic hydroxyl groups is 1. The van der Waals surface area contributed by atoms with Crippen LogP contribution in [0, 0.1) is 0 Å². The zero-order chi connectivity index (χ0) is 28.4. The van der Waals surface area contributed by atoms with Crippen molar-refractivity contribution in [3.8, 4) is 11.3 Å². The van der Waals surface area contributed by atoms with Crippen LogP contribution >= 0.6 is 0 Å². The molecule has 12 nitrogen and oxygen atoms in total. The van der Waals surface area contributed by atoms with Crippen molar-refractivity contribution in [2.75, 3.05) is 18.4 Å². The van der Waals surface area contributed by atoms with E-state index < -0.39 is 6.10 Å². The van der Waals surface area contributed by atoms with E-state index in [1.165, 1.54) is 0 Å². The highest BCUT2D eigenvalue weighted by molar-refractivity contribution is 5.92. The lowest BCUT2D eigenvalue weighted by Crippen LogP contribution is -2.32. The van der Waals surface area contributed by atoms with Crippen LogP contribution in [0.4, 0.5) is 11.6 Å². The average Bonchev–Trinajstić information content (AvgIpc) is 3.52. The molecule has 1 aliphatic rings. The van der Waals surface area contributed by atoms with Gasteiger partial charge in [0.25, 0.3) is 5.91 Å². The summed E-state index contributed by atoms with van der Waals surface area (Å²) in [6.07, 6.45) is 7.21. The number of hydrogen-bond donors (Lipinski definition) is 3. The molecular weight excluding hydrogens is 508 g/mol. The molecule has 2 atom stereocenters. The highest BCUT2D eigenvalue weighted by atomic mass is 16.3. The molecule has 0 fully saturated rings. The van der Waals surface area contributed by atoms with Crippen molar-refractivity contribution in [3.05, 3.63) is 65.9 Å². The quantitative estimate of drug-likeness (QED) is 0.320. The third-order valence-corrected chi connectivity index (χ3v) is 6.80. The molecule has 0 saturated heterocycles. The van der Waals surface area contributed by atoms with Crippen molar-refractivity contribution in [2.24, 2.45) is 7.05 Å². The van der Waals surface area contributed by atoms with Gasteiger partial charge in [0.2, 0.25) is 5.95 Å². The summed E-state index contributed by atoms with van der Waals surface area (Å²) in [4.78, 5) is 24.5. The average molecular weight is 545 g/mol. The Labute approximate surface area is 233 Å². The van der Waals surface area contributed by atoms with Crippen molar-refractivity contribution in [2.45, 2.75) is 58.3 Å². The second kappa shape index (κ2) is 11.1. The topological polar surface area (TPSA) is 139 Å². The van der Waals surface area contributed by atoms with E-state index in [-0.39, 0.29) is 23.2 Å². The van der Waals surface area contributed by atoms with Crippen molar-refractivity contribution in [3.63, 3.8) is 0 Å². The van der Waals surface area contributed by atoms with E-state index >= 15 is 0 Å². The van der Waals surface area contributed by atoms with Crippen LogP contribution in [0.1, 0.15) is 61.8 Å². The SMILES string of the molecule is C[C@H](O)CN1CC[C@H](NC(=O)c2cn(C(C)(C)C)nn2)c2ccc(-c3ccnc(Nc4cnn(C)c4)n3)cc2C1. The van der Waals surface area contributed by atoms with E-state index in [9.17, 15) is 9.90 Å². The predicted molar refractivity (Wildman–Crippen MR) is 151 cm³/mol. The normalized spacial score (nSPS) is 16.7. The predicted octanol–water partition coefficient (Wildman–Crippen LogP) is 3.02. The molecule has 0 radical (unpaired) electrons. The zero-order valence-corrected chi connectivity index (χ0v) is 23.5. The highest BCUT2D eigenvalue weighted by Crippen LogP contribution is 2.31. The van der Waals surface area contributed by atoms with Gasteiger partial charge in [-0.25, -0.2) is 14.6 Å². The van der Waals surface area contributed by atoms with Crippen LogP contribution in [0.15, 0.2) is 49.1 Å². The van der Waals surface area contributed by atoms with Crippen LogP contribution in [0.3, 0.4) is 0 Å². The van der Waals surface area contributed by atoms with E-state index in [4.69, 9.17) is 4.98 Å². The Kier molecular flexibility index (Phi) is 7.63. The molecule has 0 aliphatic carbocycles. The van der Waals surface area contributed by atoms with Gasteiger partial charge in [-0.3, -0.25) is 14.4 Å². The minimum Gasteiger partial charge on any atom is -0.392 e. The van der Waals surface area contributed by atoms with E-state index in [1.807, 2.05) is 46.1 Å². The standard InChI is InChI=1S/C28H36N10O2/c1-18(39)14-37-11-9-24(32-26(40)25-17-38(35-34-25)28(2,3)4)22-7-6-19(12-20(22)15-37)23-8-10-29-27(33-23)31-21-13-30-36(5)16-21/h6-8,10,12-13,16-18,24,39H,9,11,14-15H2,1-5H3,(H,32,40)(H,29,31,33)/t18-,24-/m0/s1. The number of β-amino-alcohol motifs (C(OH)–C–C–N with tert-alkyl or cyclic N) is 1. The molecule has 3 N–H and O–H groups in total. The number of amides is 1. The Morgan fingerprint density at radius 3 is 2.75 bits per heavy atom. The number of carbonyl (C=O) groups excluding carboxylic acids is 1. The molecule has 0 spiro atoms. The summed E-state index contributed by atoms with van der Waals surface area (Å²) in [5.74, 6) is 0.214. The van der Waals surface area contributed by atoms with Gasteiger partial charge in [0.15, 0.2) is 5.69 Å². The Hall–Kier alpha value is -4.16.